The van der Waals surface area contributed by atoms with E-state index >= 15 is 0 Å². The molecule has 2 amide bonds. The van der Waals surface area contributed by atoms with E-state index in [0.29, 0.717) is 0 Å². The summed E-state index contributed by atoms with van der Waals surface area (Å²) in [5.74, 6) is -0.481. The molecule has 4 nitrogen and oxygen atoms in total. The van der Waals surface area contributed by atoms with Gasteiger partial charge in [-0.15, -0.1) is 0 Å². The molecule has 20 heavy (non-hydrogen) atoms. The Morgan fingerprint density at radius 2 is 1.95 bits per heavy atom. The van der Waals surface area contributed by atoms with Gasteiger partial charge in [-0.2, -0.15) is 0 Å². The van der Waals surface area contributed by atoms with Crippen LogP contribution in [-0.4, -0.2) is 23.9 Å². The maximum Gasteiger partial charge on any atom is 0.244 e. The number of hydrogen-bond acceptors (Lipinski definition) is 2. The Labute approximate surface area is 120 Å². The first-order valence-electron chi connectivity index (χ1n) is 6.60. The minimum absolute atomic E-state index is 0.0196. The number of carbonyl (C=O) groups is 2. The Balaban J connectivity index is 2.42. The van der Waals surface area contributed by atoms with E-state index in [1.54, 1.807) is 6.08 Å². The van der Waals surface area contributed by atoms with Crippen molar-refractivity contribution in [3.8, 4) is 0 Å². The molecule has 0 spiro atoms. The van der Waals surface area contributed by atoms with E-state index in [-0.39, 0.29) is 23.9 Å². The molecule has 0 radical (unpaired) electrons. The third kappa shape index (κ3) is 6.73. The molecule has 0 atom stereocenters. The topological polar surface area (TPSA) is 58.2 Å². The molecule has 1 aromatic carbocycles. The van der Waals surface area contributed by atoms with E-state index in [4.69, 9.17) is 0 Å². The largest absolute Gasteiger partial charge is 0.350 e. The van der Waals surface area contributed by atoms with Gasteiger partial charge in [0.2, 0.25) is 11.8 Å². The summed E-state index contributed by atoms with van der Waals surface area (Å²) in [7, 11) is 0. The first kappa shape index (κ1) is 16.0. The summed E-state index contributed by atoms with van der Waals surface area (Å²) in [6, 6.07) is 7.83. The molecule has 0 saturated heterocycles. The summed E-state index contributed by atoms with van der Waals surface area (Å²) in [4.78, 5) is 23.1. The van der Waals surface area contributed by atoms with Gasteiger partial charge in [0.25, 0.3) is 0 Å². The summed E-state index contributed by atoms with van der Waals surface area (Å²) in [6.07, 6.45) is 3.16. The maximum atomic E-state index is 11.6. The first-order valence-corrected chi connectivity index (χ1v) is 6.60. The van der Waals surface area contributed by atoms with Crippen LogP contribution in [0.15, 0.2) is 30.3 Å². The van der Waals surface area contributed by atoms with Gasteiger partial charge in [-0.3, -0.25) is 9.59 Å². The lowest BCUT2D eigenvalue weighted by Gasteiger charge is -2.20. The Morgan fingerprint density at radius 3 is 2.55 bits per heavy atom. The molecule has 108 valence electrons. The van der Waals surface area contributed by atoms with Crippen LogP contribution in [0, 0.1) is 6.92 Å². The van der Waals surface area contributed by atoms with E-state index < -0.39 is 0 Å². The second kappa shape index (κ2) is 6.89. The number of aryl methyl sites for hydroxylation is 1. The minimum Gasteiger partial charge on any atom is -0.350 e. The average molecular weight is 274 g/mol. The zero-order valence-corrected chi connectivity index (χ0v) is 12.5. The molecule has 0 aliphatic rings. The van der Waals surface area contributed by atoms with Gasteiger partial charge < -0.3 is 10.6 Å². The lowest BCUT2D eigenvalue weighted by molar-refractivity contribution is -0.124. The van der Waals surface area contributed by atoms with Gasteiger partial charge in [0.1, 0.15) is 0 Å². The third-order valence-corrected chi connectivity index (χ3v) is 2.41. The number of rotatable bonds is 4. The molecular weight excluding hydrogens is 252 g/mol. The molecule has 0 saturated carbocycles. The summed E-state index contributed by atoms with van der Waals surface area (Å²) in [6.45, 7) is 7.65. The predicted molar refractivity (Wildman–Crippen MR) is 81.1 cm³/mol. The highest BCUT2D eigenvalue weighted by molar-refractivity contribution is 5.94. The highest BCUT2D eigenvalue weighted by Gasteiger charge is 2.13. The number of nitrogens with one attached hydrogen (secondary N) is 2. The molecule has 2 N–H and O–H groups in total. The van der Waals surface area contributed by atoms with Crippen LogP contribution in [0.3, 0.4) is 0 Å². The van der Waals surface area contributed by atoms with Crippen molar-refractivity contribution in [2.75, 3.05) is 6.54 Å². The van der Waals surface area contributed by atoms with Crippen LogP contribution in [0.1, 0.15) is 31.9 Å². The smallest absolute Gasteiger partial charge is 0.244 e. The summed E-state index contributed by atoms with van der Waals surface area (Å²) >= 11 is 0. The third-order valence-electron chi connectivity index (χ3n) is 2.41. The van der Waals surface area contributed by atoms with Crippen molar-refractivity contribution in [1.29, 1.82) is 0 Å². The van der Waals surface area contributed by atoms with Gasteiger partial charge in [-0.25, -0.2) is 0 Å². The number of benzene rings is 1. The molecule has 0 aliphatic carbocycles. The van der Waals surface area contributed by atoms with Crippen molar-refractivity contribution in [3.63, 3.8) is 0 Å². The predicted octanol–water partition coefficient (Wildman–Crippen LogP) is 2.04. The van der Waals surface area contributed by atoms with Crippen molar-refractivity contribution in [1.82, 2.24) is 10.6 Å². The fraction of sp³-hybridized carbons (Fsp3) is 0.375. The lowest BCUT2D eigenvalue weighted by atomic mass is 10.1. The monoisotopic (exact) mass is 274 g/mol. The van der Waals surface area contributed by atoms with Crippen LogP contribution in [0.2, 0.25) is 0 Å². The fourth-order valence-corrected chi connectivity index (χ4v) is 1.63. The molecule has 0 heterocycles. The Hall–Kier alpha value is -2.10. The van der Waals surface area contributed by atoms with Crippen molar-refractivity contribution in [3.05, 3.63) is 41.5 Å². The average Bonchev–Trinajstić information content (AvgIpc) is 2.32. The second-order valence-electron chi connectivity index (χ2n) is 5.76. The zero-order chi connectivity index (χ0) is 15.2. The summed E-state index contributed by atoms with van der Waals surface area (Å²) < 4.78 is 0. The van der Waals surface area contributed by atoms with Crippen molar-refractivity contribution in [2.24, 2.45) is 0 Å². The molecule has 4 heteroatoms. The second-order valence-corrected chi connectivity index (χ2v) is 5.76. The van der Waals surface area contributed by atoms with E-state index in [9.17, 15) is 9.59 Å². The first-order chi connectivity index (χ1) is 9.26. The molecule has 0 fully saturated rings. The lowest BCUT2D eigenvalue weighted by Crippen LogP contribution is -2.45. The van der Waals surface area contributed by atoms with Gasteiger partial charge in [0, 0.05) is 11.6 Å². The number of carbonyl (C=O) groups excluding carboxylic acids is 2. The van der Waals surface area contributed by atoms with Crippen LogP contribution < -0.4 is 10.6 Å². The SMILES string of the molecule is Cc1cccc(/C=C/C(=O)NCC(=O)NC(C)(C)C)c1. The quantitative estimate of drug-likeness (QED) is 0.825. The molecule has 0 unspecified atom stereocenters. The molecule has 0 bridgehead atoms. The Morgan fingerprint density at radius 1 is 1.25 bits per heavy atom. The normalized spacial score (nSPS) is 11.4. The summed E-state index contributed by atoms with van der Waals surface area (Å²) in [5, 5.41) is 5.33. The van der Waals surface area contributed by atoms with Crippen LogP contribution in [-0.2, 0) is 9.59 Å². The van der Waals surface area contributed by atoms with Gasteiger partial charge in [0.15, 0.2) is 0 Å². The van der Waals surface area contributed by atoms with Crippen LogP contribution in [0.5, 0.6) is 0 Å². The molecule has 0 aromatic heterocycles. The zero-order valence-electron chi connectivity index (χ0n) is 12.5. The fourth-order valence-electron chi connectivity index (χ4n) is 1.63. The van der Waals surface area contributed by atoms with E-state index in [1.165, 1.54) is 6.08 Å². The van der Waals surface area contributed by atoms with Crippen molar-refractivity contribution < 1.29 is 9.59 Å². The van der Waals surface area contributed by atoms with Crippen LogP contribution in [0.4, 0.5) is 0 Å². The van der Waals surface area contributed by atoms with E-state index in [2.05, 4.69) is 10.6 Å². The van der Waals surface area contributed by atoms with Gasteiger partial charge >= 0.3 is 0 Å². The van der Waals surface area contributed by atoms with Gasteiger partial charge in [-0.1, -0.05) is 29.8 Å². The summed E-state index contributed by atoms with van der Waals surface area (Å²) in [5.41, 5.74) is 1.80. The number of amides is 2. The standard InChI is InChI=1S/C16H22N2O2/c1-12-6-5-7-13(10-12)8-9-14(19)17-11-15(20)18-16(2,3)4/h5-10H,11H2,1-4H3,(H,17,19)(H,18,20)/b9-8+. The minimum atomic E-state index is -0.292. The van der Waals surface area contributed by atoms with E-state index in [1.807, 2.05) is 52.0 Å². The van der Waals surface area contributed by atoms with Gasteiger partial charge in [-0.05, 0) is 39.3 Å². The maximum absolute atomic E-state index is 11.6. The van der Waals surface area contributed by atoms with Crippen LogP contribution >= 0.6 is 0 Å². The molecule has 1 aromatic rings. The molecular formula is C16H22N2O2. The van der Waals surface area contributed by atoms with E-state index in [0.717, 1.165) is 11.1 Å². The van der Waals surface area contributed by atoms with Crippen molar-refractivity contribution in [2.45, 2.75) is 33.2 Å². The molecule has 1 rings (SSSR count). The highest BCUT2D eigenvalue weighted by Crippen LogP contribution is 2.05. The number of hydrogen-bond donors (Lipinski definition) is 2. The van der Waals surface area contributed by atoms with Crippen LogP contribution in [0.25, 0.3) is 6.08 Å². The van der Waals surface area contributed by atoms with Crippen molar-refractivity contribution >= 4 is 17.9 Å². The van der Waals surface area contributed by atoms with Gasteiger partial charge in [0.05, 0.1) is 6.54 Å². The Bertz CT molecular complexity index is 513. The molecule has 0 aliphatic heterocycles. The Kier molecular flexibility index (Phi) is 5.50. The highest BCUT2D eigenvalue weighted by atomic mass is 16.2.